The van der Waals surface area contributed by atoms with Crippen LogP contribution in [0.25, 0.3) is 0 Å². The van der Waals surface area contributed by atoms with Crippen LogP contribution in [0.4, 0.5) is 5.69 Å². The SMILES string of the molecule is CCCCC(CCC)N1CCc2cc(C=O)ccc21. The lowest BCUT2D eigenvalue weighted by molar-refractivity contribution is 0.112. The van der Waals surface area contributed by atoms with E-state index in [-0.39, 0.29) is 0 Å². The van der Waals surface area contributed by atoms with Crippen molar-refractivity contribution < 1.29 is 4.79 Å². The van der Waals surface area contributed by atoms with Gasteiger partial charge in [-0.05, 0) is 43.0 Å². The Morgan fingerprint density at radius 3 is 2.79 bits per heavy atom. The molecule has 1 heterocycles. The van der Waals surface area contributed by atoms with Crippen LogP contribution in [0.2, 0.25) is 0 Å². The number of aldehydes is 1. The van der Waals surface area contributed by atoms with Crippen molar-refractivity contribution in [3.05, 3.63) is 29.3 Å². The first-order valence-corrected chi connectivity index (χ1v) is 7.64. The van der Waals surface area contributed by atoms with Gasteiger partial charge in [-0.15, -0.1) is 0 Å². The minimum absolute atomic E-state index is 0.674. The molecule has 2 rings (SSSR count). The number of fused-ring (bicyclic) bond motifs is 1. The van der Waals surface area contributed by atoms with E-state index in [2.05, 4.69) is 30.9 Å². The molecule has 0 saturated carbocycles. The van der Waals surface area contributed by atoms with E-state index >= 15 is 0 Å². The van der Waals surface area contributed by atoms with E-state index < -0.39 is 0 Å². The molecule has 0 fully saturated rings. The van der Waals surface area contributed by atoms with Crippen molar-refractivity contribution in [2.45, 2.75) is 58.4 Å². The summed E-state index contributed by atoms with van der Waals surface area (Å²) in [5, 5.41) is 0. The topological polar surface area (TPSA) is 20.3 Å². The fraction of sp³-hybridized carbons (Fsp3) is 0.588. The molecular weight excluding hydrogens is 234 g/mol. The van der Waals surface area contributed by atoms with Gasteiger partial charge in [-0.2, -0.15) is 0 Å². The van der Waals surface area contributed by atoms with Gasteiger partial charge in [0.05, 0.1) is 0 Å². The Morgan fingerprint density at radius 1 is 1.26 bits per heavy atom. The quantitative estimate of drug-likeness (QED) is 0.683. The zero-order valence-corrected chi connectivity index (χ0v) is 12.2. The molecule has 0 aliphatic carbocycles. The number of anilines is 1. The van der Waals surface area contributed by atoms with Gasteiger partial charge in [-0.25, -0.2) is 0 Å². The van der Waals surface area contributed by atoms with Crippen LogP contribution in [0.3, 0.4) is 0 Å². The molecule has 19 heavy (non-hydrogen) atoms. The molecule has 1 aliphatic heterocycles. The molecule has 0 amide bonds. The molecule has 1 aliphatic rings. The normalized spacial score (nSPS) is 15.4. The van der Waals surface area contributed by atoms with Crippen molar-refractivity contribution in [3.63, 3.8) is 0 Å². The summed E-state index contributed by atoms with van der Waals surface area (Å²) in [5.74, 6) is 0. The van der Waals surface area contributed by atoms with Crippen molar-refractivity contribution in [2.24, 2.45) is 0 Å². The lowest BCUT2D eigenvalue weighted by Gasteiger charge is -2.30. The summed E-state index contributed by atoms with van der Waals surface area (Å²) < 4.78 is 0. The van der Waals surface area contributed by atoms with Crippen molar-refractivity contribution in [1.29, 1.82) is 0 Å². The second-order valence-electron chi connectivity index (χ2n) is 5.53. The Balaban J connectivity index is 2.16. The monoisotopic (exact) mass is 259 g/mol. The fourth-order valence-electron chi connectivity index (χ4n) is 3.13. The highest BCUT2D eigenvalue weighted by molar-refractivity contribution is 5.77. The summed E-state index contributed by atoms with van der Waals surface area (Å²) in [6.07, 6.45) is 8.42. The van der Waals surface area contributed by atoms with E-state index in [0.29, 0.717) is 6.04 Å². The van der Waals surface area contributed by atoms with E-state index in [9.17, 15) is 4.79 Å². The summed E-state index contributed by atoms with van der Waals surface area (Å²) in [6, 6.07) is 6.83. The molecule has 0 radical (unpaired) electrons. The standard InChI is InChI=1S/C17H25NO/c1-3-5-7-16(6-4-2)18-11-10-15-12-14(13-19)8-9-17(15)18/h8-9,12-13,16H,3-7,10-11H2,1-2H3. The lowest BCUT2D eigenvalue weighted by Crippen LogP contribution is -2.33. The Hall–Kier alpha value is -1.31. The first-order chi connectivity index (χ1) is 9.30. The summed E-state index contributed by atoms with van der Waals surface area (Å²) in [4.78, 5) is 13.4. The Bertz CT molecular complexity index is 427. The molecule has 1 unspecified atom stereocenters. The minimum atomic E-state index is 0.674. The molecule has 0 spiro atoms. The molecule has 0 saturated heterocycles. The van der Waals surface area contributed by atoms with Gasteiger partial charge >= 0.3 is 0 Å². The van der Waals surface area contributed by atoms with Crippen LogP contribution in [-0.2, 0) is 6.42 Å². The van der Waals surface area contributed by atoms with Gasteiger partial charge in [0.1, 0.15) is 6.29 Å². The van der Waals surface area contributed by atoms with Crippen LogP contribution in [0.5, 0.6) is 0 Å². The average Bonchev–Trinajstić information content (AvgIpc) is 2.86. The number of hydrogen-bond acceptors (Lipinski definition) is 2. The van der Waals surface area contributed by atoms with E-state index in [0.717, 1.165) is 24.8 Å². The van der Waals surface area contributed by atoms with Crippen molar-refractivity contribution >= 4 is 12.0 Å². The number of hydrogen-bond donors (Lipinski definition) is 0. The smallest absolute Gasteiger partial charge is 0.150 e. The Morgan fingerprint density at radius 2 is 2.11 bits per heavy atom. The van der Waals surface area contributed by atoms with Crippen LogP contribution >= 0.6 is 0 Å². The molecular formula is C17H25NO. The predicted molar refractivity (Wildman–Crippen MR) is 81.1 cm³/mol. The number of rotatable bonds is 7. The Labute approximate surface area is 116 Å². The molecule has 2 heteroatoms. The second kappa shape index (κ2) is 6.74. The molecule has 104 valence electrons. The van der Waals surface area contributed by atoms with E-state index in [1.807, 2.05) is 6.07 Å². The second-order valence-corrected chi connectivity index (χ2v) is 5.53. The maximum Gasteiger partial charge on any atom is 0.150 e. The first kappa shape index (κ1) is 14.1. The van der Waals surface area contributed by atoms with Crippen LogP contribution < -0.4 is 4.90 Å². The minimum Gasteiger partial charge on any atom is -0.368 e. The van der Waals surface area contributed by atoms with Crippen LogP contribution in [0.15, 0.2) is 18.2 Å². The zero-order valence-electron chi connectivity index (χ0n) is 12.2. The number of carbonyl (C=O) groups excluding carboxylic acids is 1. The molecule has 0 N–H and O–H groups in total. The third-order valence-corrected chi connectivity index (χ3v) is 4.12. The Kier molecular flexibility index (Phi) is 5.00. The summed E-state index contributed by atoms with van der Waals surface area (Å²) in [5.41, 5.74) is 3.52. The highest BCUT2D eigenvalue weighted by atomic mass is 16.1. The summed E-state index contributed by atoms with van der Waals surface area (Å²) >= 11 is 0. The van der Waals surface area contributed by atoms with E-state index in [1.54, 1.807) is 0 Å². The largest absolute Gasteiger partial charge is 0.368 e. The van der Waals surface area contributed by atoms with Gasteiger partial charge in [-0.3, -0.25) is 4.79 Å². The zero-order chi connectivity index (χ0) is 13.7. The van der Waals surface area contributed by atoms with Crippen LogP contribution in [0.1, 0.15) is 61.9 Å². The van der Waals surface area contributed by atoms with Crippen LogP contribution in [0, 0.1) is 0 Å². The van der Waals surface area contributed by atoms with Gasteiger partial charge in [-0.1, -0.05) is 33.1 Å². The number of benzene rings is 1. The summed E-state index contributed by atoms with van der Waals surface area (Å²) in [6.45, 7) is 5.65. The summed E-state index contributed by atoms with van der Waals surface area (Å²) in [7, 11) is 0. The van der Waals surface area contributed by atoms with Crippen molar-refractivity contribution in [3.8, 4) is 0 Å². The van der Waals surface area contributed by atoms with E-state index in [1.165, 1.54) is 43.4 Å². The molecule has 0 bridgehead atoms. The molecule has 2 nitrogen and oxygen atoms in total. The molecule has 0 aromatic heterocycles. The van der Waals surface area contributed by atoms with Gasteiger partial charge in [0.25, 0.3) is 0 Å². The third kappa shape index (κ3) is 3.17. The van der Waals surface area contributed by atoms with Gasteiger partial charge in [0, 0.05) is 23.8 Å². The molecule has 1 aromatic rings. The maximum atomic E-state index is 10.9. The van der Waals surface area contributed by atoms with Gasteiger partial charge < -0.3 is 4.90 Å². The van der Waals surface area contributed by atoms with Crippen LogP contribution in [-0.4, -0.2) is 18.9 Å². The van der Waals surface area contributed by atoms with Gasteiger partial charge in [0.2, 0.25) is 0 Å². The maximum absolute atomic E-state index is 10.9. The van der Waals surface area contributed by atoms with Crippen molar-refractivity contribution in [1.82, 2.24) is 0 Å². The third-order valence-electron chi connectivity index (χ3n) is 4.12. The molecule has 1 atom stereocenters. The highest BCUT2D eigenvalue weighted by Gasteiger charge is 2.25. The van der Waals surface area contributed by atoms with Crippen molar-refractivity contribution in [2.75, 3.05) is 11.4 Å². The number of unbranched alkanes of at least 4 members (excludes halogenated alkanes) is 1. The van der Waals surface area contributed by atoms with Gasteiger partial charge in [0.15, 0.2) is 0 Å². The predicted octanol–water partition coefficient (Wildman–Crippen LogP) is 4.22. The number of nitrogens with zero attached hydrogens (tertiary/aromatic N) is 1. The fourth-order valence-corrected chi connectivity index (χ4v) is 3.13. The lowest BCUT2D eigenvalue weighted by atomic mass is 10.0. The molecule has 1 aromatic carbocycles. The van der Waals surface area contributed by atoms with E-state index in [4.69, 9.17) is 0 Å². The number of carbonyl (C=O) groups is 1. The first-order valence-electron chi connectivity index (χ1n) is 7.64. The average molecular weight is 259 g/mol. The highest BCUT2D eigenvalue weighted by Crippen LogP contribution is 2.32.